The quantitative estimate of drug-likeness (QED) is 0.295. The number of hydrogen-bond donors (Lipinski definition) is 2. The van der Waals surface area contributed by atoms with Gasteiger partial charge in [0.25, 0.3) is 0 Å². The smallest absolute Gasteiger partial charge is 0.163 e. The van der Waals surface area contributed by atoms with E-state index < -0.39 is 0 Å². The Bertz CT molecular complexity index is 1150. The molecule has 3 aromatic rings. The summed E-state index contributed by atoms with van der Waals surface area (Å²) in [6.45, 7) is 2.57. The van der Waals surface area contributed by atoms with Gasteiger partial charge in [-0.2, -0.15) is 0 Å². The van der Waals surface area contributed by atoms with E-state index in [2.05, 4.69) is 63.0 Å². The summed E-state index contributed by atoms with van der Waals surface area (Å²) in [6, 6.07) is 2.60. The van der Waals surface area contributed by atoms with E-state index in [1.807, 2.05) is 0 Å². The van der Waals surface area contributed by atoms with E-state index in [9.17, 15) is 0 Å². The van der Waals surface area contributed by atoms with Crippen molar-refractivity contribution in [3.63, 3.8) is 0 Å². The number of aromatic nitrogens is 3. The highest BCUT2D eigenvalue weighted by Crippen LogP contribution is 2.32. The van der Waals surface area contributed by atoms with Gasteiger partial charge in [0, 0.05) is 0 Å². The van der Waals surface area contributed by atoms with Gasteiger partial charge in [-0.3, -0.25) is 9.88 Å². The van der Waals surface area contributed by atoms with Gasteiger partial charge in [0.15, 0.2) is 7.85 Å². The topological polar surface area (TPSA) is 70.8 Å². The molecule has 11 heteroatoms. The number of fused-ring (bicyclic) bond motifs is 2. The minimum atomic E-state index is 0.340. The molecular formula is C21H33B6N5. The number of rotatable bonds is 7. The Morgan fingerprint density at radius 1 is 1.00 bits per heavy atom. The van der Waals surface area contributed by atoms with Crippen molar-refractivity contribution < 1.29 is 0 Å². The van der Waals surface area contributed by atoms with Crippen LogP contribution >= 0.6 is 0 Å². The van der Waals surface area contributed by atoms with Crippen molar-refractivity contribution in [2.24, 2.45) is 5.73 Å². The van der Waals surface area contributed by atoms with Crippen molar-refractivity contribution in [3.05, 3.63) is 23.1 Å². The standard InChI is InChI=1S/C21H33B6N5/c22-11-8-12(23)19-20(16(11)25)30-14(29-19)9-32(7-2-1-6-28)13-5-3-4-10-15(24)17(26)21(27)31-18(10)13/h8,13H,1-7,9,22-28H2,(H,29,30)/t13-/m0/s1. The first-order valence-electron chi connectivity index (χ1n) is 12.2. The van der Waals surface area contributed by atoms with E-state index in [1.54, 1.807) is 0 Å². The average molecular weight is 420 g/mol. The lowest BCUT2D eigenvalue weighted by atomic mass is 9.70. The molecule has 32 heavy (non-hydrogen) atoms. The number of unbranched alkanes of at least 4 members (excludes halogenated alkanes) is 1. The lowest BCUT2D eigenvalue weighted by molar-refractivity contribution is 0.160. The van der Waals surface area contributed by atoms with Crippen molar-refractivity contribution >= 4 is 91.0 Å². The Kier molecular flexibility index (Phi) is 6.97. The number of benzene rings is 1. The second kappa shape index (κ2) is 9.56. The van der Waals surface area contributed by atoms with Gasteiger partial charge < -0.3 is 10.7 Å². The van der Waals surface area contributed by atoms with Gasteiger partial charge >= 0.3 is 0 Å². The molecule has 0 aliphatic heterocycles. The fourth-order valence-electron chi connectivity index (χ4n) is 5.32. The molecule has 0 saturated heterocycles. The maximum absolute atomic E-state index is 5.83. The van der Waals surface area contributed by atoms with Gasteiger partial charge in [-0.05, 0) is 56.4 Å². The lowest BCUT2D eigenvalue weighted by Gasteiger charge is -2.36. The van der Waals surface area contributed by atoms with Crippen LogP contribution in [0.3, 0.4) is 0 Å². The van der Waals surface area contributed by atoms with Crippen LogP contribution in [0.4, 0.5) is 0 Å². The molecule has 1 aliphatic carbocycles. The lowest BCUT2D eigenvalue weighted by Crippen LogP contribution is -2.47. The van der Waals surface area contributed by atoms with Crippen LogP contribution in [-0.4, -0.2) is 80.0 Å². The number of H-pyrrole nitrogens is 1. The number of nitrogens with one attached hydrogen (secondary N) is 1. The predicted molar refractivity (Wildman–Crippen MR) is 154 cm³/mol. The van der Waals surface area contributed by atoms with Gasteiger partial charge in [-0.15, -0.1) is 0 Å². The third-order valence-electron chi connectivity index (χ3n) is 7.60. The summed E-state index contributed by atoms with van der Waals surface area (Å²) in [6.07, 6.45) is 5.66. The first-order chi connectivity index (χ1) is 15.3. The SMILES string of the molecule is Bc1cc(B)c2[nH]c(CN(CCCCN)[C@H]3CCCc4c3nc(B)c(B)c4B)nc2c1B. The van der Waals surface area contributed by atoms with Gasteiger partial charge in [-0.25, -0.2) is 4.98 Å². The molecule has 3 N–H and O–H groups in total. The fourth-order valence-corrected chi connectivity index (χ4v) is 5.32. The average Bonchev–Trinajstić information content (AvgIpc) is 3.20. The fraction of sp³-hybridized carbons (Fsp3) is 0.429. The Morgan fingerprint density at radius 3 is 2.53 bits per heavy atom. The zero-order chi connectivity index (χ0) is 23.0. The molecule has 1 atom stereocenters. The molecular weight excluding hydrogens is 387 g/mol. The van der Waals surface area contributed by atoms with Crippen molar-refractivity contribution in [2.45, 2.75) is 44.7 Å². The second-order valence-electron chi connectivity index (χ2n) is 9.73. The Morgan fingerprint density at radius 2 is 1.78 bits per heavy atom. The molecule has 1 aliphatic rings. The van der Waals surface area contributed by atoms with Crippen LogP contribution in [0.1, 0.15) is 48.8 Å². The number of nitrogens with two attached hydrogens (primary N) is 1. The third-order valence-corrected chi connectivity index (χ3v) is 7.60. The molecule has 0 fully saturated rings. The van der Waals surface area contributed by atoms with Gasteiger partial charge in [0.2, 0.25) is 0 Å². The Hall–Kier alpha value is -1.85. The van der Waals surface area contributed by atoms with Crippen molar-refractivity contribution in [1.29, 1.82) is 0 Å². The van der Waals surface area contributed by atoms with Crippen molar-refractivity contribution in [2.75, 3.05) is 13.1 Å². The maximum atomic E-state index is 5.83. The molecule has 0 spiro atoms. The van der Waals surface area contributed by atoms with E-state index in [4.69, 9.17) is 15.7 Å². The van der Waals surface area contributed by atoms with Gasteiger partial charge in [0.1, 0.15) is 45.1 Å². The number of nitrogens with zero attached hydrogens (tertiary/aromatic N) is 3. The van der Waals surface area contributed by atoms with E-state index in [1.165, 1.54) is 56.1 Å². The number of hydrogen-bond acceptors (Lipinski definition) is 4. The third kappa shape index (κ3) is 4.34. The summed E-state index contributed by atoms with van der Waals surface area (Å²) in [4.78, 5) is 16.4. The van der Waals surface area contributed by atoms with Crippen LogP contribution in [0.15, 0.2) is 6.07 Å². The Balaban J connectivity index is 1.71. The van der Waals surface area contributed by atoms with E-state index in [0.717, 1.165) is 56.7 Å². The first kappa shape index (κ1) is 23.3. The normalized spacial score (nSPS) is 16.0. The van der Waals surface area contributed by atoms with Crippen LogP contribution in [0, 0.1) is 0 Å². The molecule has 0 saturated carbocycles. The van der Waals surface area contributed by atoms with Crippen molar-refractivity contribution in [3.8, 4) is 0 Å². The van der Waals surface area contributed by atoms with Gasteiger partial charge in [-0.1, -0.05) is 33.4 Å². The molecule has 5 nitrogen and oxygen atoms in total. The summed E-state index contributed by atoms with van der Waals surface area (Å²) >= 11 is 0. The zero-order valence-electron chi connectivity index (χ0n) is 20.7. The minimum Gasteiger partial charge on any atom is -0.341 e. The summed E-state index contributed by atoms with van der Waals surface area (Å²) in [5, 5.41) is 0. The van der Waals surface area contributed by atoms with Crippen LogP contribution in [0.2, 0.25) is 0 Å². The predicted octanol–water partition coefficient (Wildman–Crippen LogP) is -6.87. The zero-order valence-corrected chi connectivity index (χ0v) is 20.7. The highest BCUT2D eigenvalue weighted by Gasteiger charge is 2.29. The maximum Gasteiger partial charge on any atom is 0.163 e. The first-order valence-corrected chi connectivity index (χ1v) is 12.2. The monoisotopic (exact) mass is 421 g/mol. The molecule has 2 aromatic heterocycles. The van der Waals surface area contributed by atoms with Crippen LogP contribution in [-0.2, 0) is 13.0 Å². The summed E-state index contributed by atoms with van der Waals surface area (Å²) in [7, 11) is 13.2. The summed E-state index contributed by atoms with van der Waals surface area (Å²) in [5.41, 5.74) is 18.7. The molecule has 160 valence electrons. The highest BCUT2D eigenvalue weighted by molar-refractivity contribution is 6.57. The van der Waals surface area contributed by atoms with Crippen LogP contribution in [0.5, 0.6) is 0 Å². The molecule has 0 amide bonds. The van der Waals surface area contributed by atoms with E-state index >= 15 is 0 Å². The van der Waals surface area contributed by atoms with E-state index in [-0.39, 0.29) is 0 Å². The molecule has 0 unspecified atom stereocenters. The second-order valence-corrected chi connectivity index (χ2v) is 9.73. The molecule has 2 heterocycles. The van der Waals surface area contributed by atoms with E-state index in [0.29, 0.717) is 6.04 Å². The van der Waals surface area contributed by atoms with Crippen molar-refractivity contribution in [1.82, 2.24) is 19.9 Å². The van der Waals surface area contributed by atoms with Crippen LogP contribution in [0.25, 0.3) is 11.0 Å². The molecule has 0 bridgehead atoms. The highest BCUT2D eigenvalue weighted by atomic mass is 15.2. The minimum absolute atomic E-state index is 0.340. The molecule has 4 rings (SSSR count). The number of pyridine rings is 1. The Labute approximate surface area is 197 Å². The van der Waals surface area contributed by atoms with Crippen LogP contribution < -0.4 is 38.6 Å². The molecule has 0 radical (unpaired) electrons. The van der Waals surface area contributed by atoms with Gasteiger partial charge in [0.05, 0.1) is 29.3 Å². The summed E-state index contributed by atoms with van der Waals surface area (Å²) in [5.74, 6) is 1.05. The number of aromatic amines is 1. The largest absolute Gasteiger partial charge is 0.341 e. The molecule has 1 aromatic carbocycles. The summed E-state index contributed by atoms with van der Waals surface area (Å²) < 4.78 is 0. The number of imidazole rings is 1.